The number of pyridine rings is 1. The van der Waals surface area contributed by atoms with Crippen molar-refractivity contribution in [2.45, 2.75) is 30.7 Å². The molecule has 0 unspecified atom stereocenters. The minimum Gasteiger partial charge on any atom is -0.349 e. The number of benzene rings is 1. The number of rotatable bonds is 3. The van der Waals surface area contributed by atoms with Gasteiger partial charge in [0.15, 0.2) is 9.84 Å². The first kappa shape index (κ1) is 15.7. The van der Waals surface area contributed by atoms with Crippen molar-refractivity contribution >= 4 is 15.7 Å². The van der Waals surface area contributed by atoms with Crippen LogP contribution in [0.3, 0.4) is 0 Å². The van der Waals surface area contributed by atoms with Gasteiger partial charge in [-0.1, -0.05) is 24.3 Å². The number of carbonyl (C=O) groups excluding carboxylic acids is 1. The zero-order valence-electron chi connectivity index (χ0n) is 12.8. The molecule has 2 aromatic rings. The van der Waals surface area contributed by atoms with Crippen LogP contribution in [-0.4, -0.2) is 25.1 Å². The highest BCUT2D eigenvalue weighted by molar-refractivity contribution is 7.91. The Labute approximate surface area is 135 Å². The van der Waals surface area contributed by atoms with Gasteiger partial charge in [-0.15, -0.1) is 0 Å². The zero-order valence-corrected chi connectivity index (χ0v) is 13.6. The van der Waals surface area contributed by atoms with E-state index in [0.29, 0.717) is 16.9 Å². The Morgan fingerprint density at radius 2 is 2.04 bits per heavy atom. The van der Waals surface area contributed by atoms with Crippen molar-refractivity contribution in [3.05, 3.63) is 59.4 Å². The number of amides is 1. The molecular weight excluding hydrogens is 312 g/mol. The van der Waals surface area contributed by atoms with Crippen LogP contribution in [0, 0.1) is 6.92 Å². The fourth-order valence-corrected chi connectivity index (χ4v) is 4.40. The van der Waals surface area contributed by atoms with Crippen LogP contribution < -0.4 is 5.32 Å². The van der Waals surface area contributed by atoms with Gasteiger partial charge in [0, 0.05) is 11.9 Å². The Balaban J connectivity index is 1.75. The maximum Gasteiger partial charge on any atom is 0.224 e. The number of hydrogen-bond acceptors (Lipinski definition) is 4. The zero-order chi connectivity index (χ0) is 16.4. The van der Waals surface area contributed by atoms with Crippen molar-refractivity contribution in [1.29, 1.82) is 0 Å². The second kappa shape index (κ2) is 6.12. The van der Waals surface area contributed by atoms with Crippen molar-refractivity contribution in [3.63, 3.8) is 0 Å². The third-order valence-corrected chi connectivity index (χ3v) is 5.79. The Kier molecular flexibility index (Phi) is 4.17. The van der Waals surface area contributed by atoms with E-state index in [0.717, 1.165) is 11.3 Å². The molecule has 1 N–H and O–H groups in total. The van der Waals surface area contributed by atoms with Crippen LogP contribution in [0.1, 0.15) is 29.3 Å². The normalized spacial score (nSPS) is 18.9. The minimum atomic E-state index is -3.24. The van der Waals surface area contributed by atoms with Crippen molar-refractivity contribution < 1.29 is 13.2 Å². The molecule has 3 rings (SSSR count). The van der Waals surface area contributed by atoms with E-state index < -0.39 is 9.84 Å². The van der Waals surface area contributed by atoms with Crippen LogP contribution in [0.4, 0.5) is 0 Å². The highest BCUT2D eigenvalue weighted by Gasteiger charge is 2.30. The number of sulfone groups is 1. The largest absolute Gasteiger partial charge is 0.349 e. The minimum absolute atomic E-state index is 0.0566. The number of fused-ring (bicyclic) bond motifs is 1. The lowest BCUT2D eigenvalue weighted by Gasteiger charge is -2.26. The number of aromatic nitrogens is 1. The molecule has 1 aromatic carbocycles. The van der Waals surface area contributed by atoms with E-state index in [9.17, 15) is 13.2 Å². The van der Waals surface area contributed by atoms with Gasteiger partial charge in [0.05, 0.1) is 23.1 Å². The number of aryl methyl sites for hydroxylation is 1. The van der Waals surface area contributed by atoms with Crippen LogP contribution in [-0.2, 0) is 21.1 Å². The van der Waals surface area contributed by atoms with Crippen LogP contribution in [0.25, 0.3) is 0 Å². The predicted molar refractivity (Wildman–Crippen MR) is 86.7 cm³/mol. The summed E-state index contributed by atoms with van der Waals surface area (Å²) >= 11 is 0. The van der Waals surface area contributed by atoms with Crippen LogP contribution in [0.5, 0.6) is 0 Å². The summed E-state index contributed by atoms with van der Waals surface area (Å²) < 4.78 is 24.2. The summed E-state index contributed by atoms with van der Waals surface area (Å²) in [6.45, 7) is 1.89. The first-order chi connectivity index (χ1) is 11.0. The number of hydrogen-bond donors (Lipinski definition) is 1. The lowest BCUT2D eigenvalue weighted by atomic mass is 10.0. The molecule has 6 heteroatoms. The number of nitrogens with one attached hydrogen (secondary N) is 1. The highest BCUT2D eigenvalue weighted by atomic mass is 32.2. The summed E-state index contributed by atoms with van der Waals surface area (Å²) in [7, 11) is -3.24. The molecule has 0 radical (unpaired) electrons. The second-order valence-corrected chi connectivity index (χ2v) is 7.83. The van der Waals surface area contributed by atoms with E-state index in [2.05, 4.69) is 10.3 Å². The summed E-state index contributed by atoms with van der Waals surface area (Å²) in [5.41, 5.74) is 2.42. The van der Waals surface area contributed by atoms with Crippen LogP contribution in [0.2, 0.25) is 0 Å². The van der Waals surface area contributed by atoms with Crippen LogP contribution in [0.15, 0.2) is 47.5 Å². The van der Waals surface area contributed by atoms with Gasteiger partial charge in [-0.2, -0.15) is 0 Å². The SMILES string of the molecule is Cc1ccc(CC(=O)N[C@@H]2CCS(=O)(=O)c3ccccc32)cn1. The Morgan fingerprint density at radius 1 is 1.26 bits per heavy atom. The molecule has 0 spiro atoms. The fourth-order valence-electron chi connectivity index (χ4n) is 2.77. The van der Waals surface area contributed by atoms with Gasteiger partial charge >= 0.3 is 0 Å². The van der Waals surface area contributed by atoms with E-state index in [1.807, 2.05) is 19.1 Å². The quantitative estimate of drug-likeness (QED) is 0.933. The summed E-state index contributed by atoms with van der Waals surface area (Å²) in [5.74, 6) is -0.0733. The lowest BCUT2D eigenvalue weighted by molar-refractivity contribution is -0.121. The number of carbonyl (C=O) groups is 1. The molecule has 5 nitrogen and oxygen atoms in total. The van der Waals surface area contributed by atoms with Gasteiger partial charge in [-0.3, -0.25) is 9.78 Å². The van der Waals surface area contributed by atoms with Gasteiger partial charge in [0.2, 0.25) is 5.91 Å². The van der Waals surface area contributed by atoms with Crippen molar-refractivity contribution in [2.24, 2.45) is 0 Å². The topological polar surface area (TPSA) is 76.1 Å². The molecule has 0 fully saturated rings. The standard InChI is InChI=1S/C17H18N2O3S/c1-12-6-7-13(11-18-12)10-17(20)19-15-8-9-23(21,22)16-5-3-2-4-14(15)16/h2-7,11,15H,8-10H2,1H3,(H,19,20)/t15-/m1/s1. The summed E-state index contributed by atoms with van der Waals surface area (Å²) in [5, 5.41) is 2.94. The maximum absolute atomic E-state index is 12.2. The summed E-state index contributed by atoms with van der Waals surface area (Å²) in [6, 6.07) is 10.4. The van der Waals surface area contributed by atoms with Gasteiger partial charge in [0.1, 0.15) is 0 Å². The van der Waals surface area contributed by atoms with E-state index in [1.165, 1.54) is 0 Å². The molecule has 1 aliphatic rings. The Hall–Kier alpha value is -2.21. The van der Waals surface area contributed by atoms with Crippen molar-refractivity contribution in [3.8, 4) is 0 Å². The summed E-state index contributed by atoms with van der Waals surface area (Å²) in [6.07, 6.45) is 2.32. The molecule has 120 valence electrons. The summed E-state index contributed by atoms with van der Waals surface area (Å²) in [4.78, 5) is 16.8. The third kappa shape index (κ3) is 3.42. The first-order valence-electron chi connectivity index (χ1n) is 7.48. The molecular formula is C17H18N2O3S. The van der Waals surface area contributed by atoms with Crippen LogP contribution >= 0.6 is 0 Å². The monoisotopic (exact) mass is 330 g/mol. The first-order valence-corrected chi connectivity index (χ1v) is 9.13. The number of nitrogens with zero attached hydrogens (tertiary/aromatic N) is 1. The van der Waals surface area contributed by atoms with Gasteiger partial charge in [-0.25, -0.2) is 8.42 Å². The molecule has 0 bridgehead atoms. The average Bonchev–Trinajstić information content (AvgIpc) is 2.53. The smallest absolute Gasteiger partial charge is 0.224 e. The molecule has 1 amide bonds. The maximum atomic E-state index is 12.2. The highest BCUT2D eigenvalue weighted by Crippen LogP contribution is 2.31. The van der Waals surface area contributed by atoms with Gasteiger partial charge in [-0.05, 0) is 36.6 Å². The second-order valence-electron chi connectivity index (χ2n) is 5.75. The molecule has 0 aliphatic carbocycles. The molecule has 0 saturated carbocycles. The van der Waals surface area contributed by atoms with E-state index in [1.54, 1.807) is 30.5 Å². The molecule has 0 saturated heterocycles. The van der Waals surface area contributed by atoms with Gasteiger partial charge in [0.25, 0.3) is 0 Å². The Bertz CT molecular complexity index is 829. The van der Waals surface area contributed by atoms with Gasteiger partial charge < -0.3 is 5.32 Å². The lowest BCUT2D eigenvalue weighted by Crippen LogP contribution is -2.34. The van der Waals surface area contributed by atoms with E-state index in [4.69, 9.17) is 0 Å². The molecule has 2 heterocycles. The van der Waals surface area contributed by atoms with Crippen molar-refractivity contribution in [2.75, 3.05) is 5.75 Å². The molecule has 1 aromatic heterocycles. The predicted octanol–water partition coefficient (Wildman–Crippen LogP) is 1.97. The molecule has 1 atom stereocenters. The fraction of sp³-hybridized carbons (Fsp3) is 0.294. The molecule has 23 heavy (non-hydrogen) atoms. The average molecular weight is 330 g/mol. The van der Waals surface area contributed by atoms with E-state index in [-0.39, 0.29) is 24.1 Å². The third-order valence-electron chi connectivity index (χ3n) is 3.98. The van der Waals surface area contributed by atoms with Crippen molar-refractivity contribution in [1.82, 2.24) is 10.3 Å². The Morgan fingerprint density at radius 3 is 2.78 bits per heavy atom. The van der Waals surface area contributed by atoms with E-state index >= 15 is 0 Å². The molecule has 1 aliphatic heterocycles.